The number of carbonyl (C=O) groups excluding carboxylic acids is 1. The second-order valence-corrected chi connectivity index (χ2v) is 7.05. The topological polar surface area (TPSA) is 40.5 Å². The molecule has 3 nitrogen and oxygen atoms in total. The SMILES string of the molecule is O=C1C(O)=C(c2ccc(Cl)cc2)[C@H](c2ccccc2F)N1Cc1ccccc1. The van der Waals surface area contributed by atoms with E-state index in [1.165, 1.54) is 11.0 Å². The molecule has 1 amide bonds. The molecule has 0 bridgehead atoms. The highest BCUT2D eigenvalue weighted by atomic mass is 35.5. The second-order valence-electron chi connectivity index (χ2n) is 6.61. The first kappa shape index (κ1) is 18.3. The molecule has 1 N–H and O–H groups in total. The summed E-state index contributed by atoms with van der Waals surface area (Å²) in [5, 5.41) is 11.2. The number of benzene rings is 3. The molecule has 0 fully saturated rings. The Kier molecular flexibility index (Phi) is 4.88. The lowest BCUT2D eigenvalue weighted by molar-refractivity contribution is -0.130. The van der Waals surface area contributed by atoms with Crippen molar-refractivity contribution in [2.24, 2.45) is 0 Å². The van der Waals surface area contributed by atoms with Gasteiger partial charge in [0, 0.05) is 22.7 Å². The monoisotopic (exact) mass is 393 g/mol. The molecule has 0 radical (unpaired) electrons. The lowest BCUT2D eigenvalue weighted by Gasteiger charge is -2.27. The normalized spacial score (nSPS) is 16.7. The van der Waals surface area contributed by atoms with Crippen LogP contribution in [0.1, 0.15) is 22.7 Å². The molecule has 3 aromatic rings. The lowest BCUT2D eigenvalue weighted by atomic mass is 9.93. The highest BCUT2D eigenvalue weighted by Crippen LogP contribution is 2.44. The average Bonchev–Trinajstić information content (AvgIpc) is 2.95. The van der Waals surface area contributed by atoms with Gasteiger partial charge in [0.2, 0.25) is 0 Å². The standard InChI is InChI=1S/C23H17ClFNO2/c24-17-12-10-16(11-13-17)20-21(18-8-4-5-9-19(18)25)26(23(28)22(20)27)14-15-6-2-1-3-7-15/h1-13,21,27H,14H2/t21-/m0/s1. The molecule has 0 aromatic heterocycles. The summed E-state index contributed by atoms with van der Waals surface area (Å²) in [6, 6.07) is 21.8. The maximum Gasteiger partial charge on any atom is 0.290 e. The van der Waals surface area contributed by atoms with Gasteiger partial charge >= 0.3 is 0 Å². The summed E-state index contributed by atoms with van der Waals surface area (Å²) in [5.74, 6) is -1.33. The summed E-state index contributed by atoms with van der Waals surface area (Å²) >= 11 is 5.98. The third-order valence-corrected chi connectivity index (χ3v) is 5.11. The van der Waals surface area contributed by atoms with Gasteiger partial charge in [-0.3, -0.25) is 4.79 Å². The Labute approximate surface area is 167 Å². The van der Waals surface area contributed by atoms with Crippen LogP contribution in [-0.4, -0.2) is 15.9 Å². The molecular formula is C23H17ClFNO2. The Hall–Kier alpha value is -3.11. The van der Waals surface area contributed by atoms with Crippen molar-refractivity contribution in [1.29, 1.82) is 0 Å². The van der Waals surface area contributed by atoms with Gasteiger partial charge in [0.15, 0.2) is 5.76 Å². The fraction of sp³-hybridized carbons (Fsp3) is 0.0870. The van der Waals surface area contributed by atoms with Crippen molar-refractivity contribution < 1.29 is 14.3 Å². The molecule has 0 spiro atoms. The minimum absolute atomic E-state index is 0.250. The van der Waals surface area contributed by atoms with E-state index in [-0.39, 0.29) is 12.3 Å². The van der Waals surface area contributed by atoms with Crippen molar-refractivity contribution in [2.45, 2.75) is 12.6 Å². The predicted molar refractivity (Wildman–Crippen MR) is 107 cm³/mol. The molecule has 5 heteroatoms. The third kappa shape index (κ3) is 3.27. The van der Waals surface area contributed by atoms with Gasteiger partial charge in [-0.25, -0.2) is 4.39 Å². The first-order chi connectivity index (χ1) is 13.6. The van der Waals surface area contributed by atoms with E-state index in [1.807, 2.05) is 30.3 Å². The van der Waals surface area contributed by atoms with Crippen LogP contribution in [0.3, 0.4) is 0 Å². The van der Waals surface area contributed by atoms with Crippen molar-refractivity contribution in [3.63, 3.8) is 0 Å². The van der Waals surface area contributed by atoms with Gasteiger partial charge in [-0.2, -0.15) is 0 Å². The van der Waals surface area contributed by atoms with Gasteiger partial charge in [-0.05, 0) is 29.3 Å². The van der Waals surface area contributed by atoms with E-state index in [1.54, 1.807) is 42.5 Å². The van der Waals surface area contributed by atoms with Crippen LogP contribution >= 0.6 is 11.6 Å². The van der Waals surface area contributed by atoms with Crippen LogP contribution in [0.25, 0.3) is 5.57 Å². The summed E-state index contributed by atoms with van der Waals surface area (Å²) in [6.07, 6.45) is 0. The highest BCUT2D eigenvalue weighted by molar-refractivity contribution is 6.30. The molecule has 140 valence electrons. The molecule has 0 saturated heterocycles. The van der Waals surface area contributed by atoms with E-state index < -0.39 is 17.8 Å². The minimum Gasteiger partial charge on any atom is -0.503 e. The lowest BCUT2D eigenvalue weighted by Crippen LogP contribution is -2.30. The molecule has 1 aliphatic rings. The van der Waals surface area contributed by atoms with Crippen molar-refractivity contribution in [3.05, 3.63) is 112 Å². The third-order valence-electron chi connectivity index (χ3n) is 4.85. The average molecular weight is 394 g/mol. The molecule has 28 heavy (non-hydrogen) atoms. The molecule has 0 aliphatic carbocycles. The number of aliphatic hydroxyl groups is 1. The van der Waals surface area contributed by atoms with E-state index in [2.05, 4.69) is 0 Å². The van der Waals surface area contributed by atoms with Gasteiger partial charge in [0.05, 0.1) is 6.04 Å². The zero-order chi connectivity index (χ0) is 19.7. The van der Waals surface area contributed by atoms with Crippen LogP contribution in [0.5, 0.6) is 0 Å². The largest absolute Gasteiger partial charge is 0.503 e. The smallest absolute Gasteiger partial charge is 0.290 e. The van der Waals surface area contributed by atoms with Gasteiger partial charge in [-0.1, -0.05) is 72.3 Å². The van der Waals surface area contributed by atoms with Gasteiger partial charge in [-0.15, -0.1) is 0 Å². The Bertz CT molecular complexity index is 1050. The summed E-state index contributed by atoms with van der Waals surface area (Å²) in [5.41, 5.74) is 2.23. The molecule has 4 rings (SSSR count). The van der Waals surface area contributed by atoms with Crippen molar-refractivity contribution in [3.8, 4) is 0 Å². The molecular weight excluding hydrogens is 377 g/mol. The van der Waals surface area contributed by atoms with Gasteiger partial charge in [0.25, 0.3) is 5.91 Å². The Morgan fingerprint density at radius 3 is 2.25 bits per heavy atom. The number of nitrogens with zero attached hydrogens (tertiary/aromatic N) is 1. The minimum atomic E-state index is -0.741. The number of carbonyl (C=O) groups is 1. The maximum absolute atomic E-state index is 14.7. The number of hydrogen-bond acceptors (Lipinski definition) is 2. The molecule has 1 heterocycles. The number of hydrogen-bond donors (Lipinski definition) is 1. The van der Waals surface area contributed by atoms with Crippen molar-refractivity contribution >= 4 is 23.1 Å². The zero-order valence-corrected chi connectivity index (χ0v) is 15.6. The Morgan fingerprint density at radius 1 is 0.929 bits per heavy atom. The van der Waals surface area contributed by atoms with Crippen LogP contribution in [0.2, 0.25) is 5.02 Å². The summed E-state index contributed by atoms with van der Waals surface area (Å²) in [7, 11) is 0. The van der Waals surface area contributed by atoms with Crippen LogP contribution < -0.4 is 0 Å². The first-order valence-corrected chi connectivity index (χ1v) is 9.22. The van der Waals surface area contributed by atoms with Crippen molar-refractivity contribution in [1.82, 2.24) is 4.90 Å². The highest BCUT2D eigenvalue weighted by Gasteiger charge is 2.42. The van der Waals surface area contributed by atoms with Crippen LogP contribution in [-0.2, 0) is 11.3 Å². The predicted octanol–water partition coefficient (Wildman–Crippen LogP) is 5.53. The van der Waals surface area contributed by atoms with Gasteiger partial charge in [0.1, 0.15) is 5.82 Å². The zero-order valence-electron chi connectivity index (χ0n) is 14.8. The number of rotatable bonds is 4. The molecule has 3 aromatic carbocycles. The van der Waals surface area contributed by atoms with Crippen LogP contribution in [0.15, 0.2) is 84.6 Å². The first-order valence-electron chi connectivity index (χ1n) is 8.84. The van der Waals surface area contributed by atoms with E-state index in [0.717, 1.165) is 5.56 Å². The summed E-state index contributed by atoms with van der Waals surface area (Å²) in [6.45, 7) is 0.250. The Balaban J connectivity index is 1.84. The summed E-state index contributed by atoms with van der Waals surface area (Å²) < 4.78 is 14.7. The maximum atomic E-state index is 14.7. The van der Waals surface area contributed by atoms with E-state index in [9.17, 15) is 14.3 Å². The number of aliphatic hydroxyl groups excluding tert-OH is 1. The fourth-order valence-corrected chi connectivity index (χ4v) is 3.67. The van der Waals surface area contributed by atoms with Gasteiger partial charge < -0.3 is 10.0 Å². The van der Waals surface area contributed by atoms with E-state index in [0.29, 0.717) is 21.7 Å². The van der Waals surface area contributed by atoms with E-state index in [4.69, 9.17) is 11.6 Å². The second kappa shape index (κ2) is 7.49. The number of halogens is 2. The molecule has 0 saturated carbocycles. The fourth-order valence-electron chi connectivity index (χ4n) is 3.54. The quantitative estimate of drug-likeness (QED) is 0.633. The summed E-state index contributed by atoms with van der Waals surface area (Å²) in [4.78, 5) is 14.4. The molecule has 0 unspecified atom stereocenters. The molecule has 1 atom stereocenters. The Morgan fingerprint density at radius 2 is 1.57 bits per heavy atom. The van der Waals surface area contributed by atoms with E-state index >= 15 is 0 Å². The van der Waals surface area contributed by atoms with Crippen molar-refractivity contribution in [2.75, 3.05) is 0 Å². The molecule has 1 aliphatic heterocycles. The van der Waals surface area contributed by atoms with Crippen LogP contribution in [0.4, 0.5) is 4.39 Å². The number of amides is 1. The van der Waals surface area contributed by atoms with Crippen LogP contribution in [0, 0.1) is 5.82 Å².